The summed E-state index contributed by atoms with van der Waals surface area (Å²) in [5.41, 5.74) is 4.27. The van der Waals surface area contributed by atoms with Crippen LogP contribution in [0.1, 0.15) is 106 Å². The lowest BCUT2D eigenvalue weighted by atomic mass is 9.89. The molecule has 2 aliphatic rings. The normalized spacial score (nSPS) is 9.60. The number of ketones is 1. The van der Waals surface area contributed by atoms with Gasteiger partial charge in [0.15, 0.2) is 5.78 Å². The molecule has 0 atom stereocenters. The van der Waals surface area contributed by atoms with Gasteiger partial charge in [-0.1, -0.05) is 196 Å². The van der Waals surface area contributed by atoms with Crippen molar-refractivity contribution in [2.45, 2.75) is 102 Å². The van der Waals surface area contributed by atoms with Crippen molar-refractivity contribution in [3.8, 4) is 12.3 Å². The van der Waals surface area contributed by atoms with Crippen molar-refractivity contribution >= 4 is 11.9 Å². The van der Waals surface area contributed by atoms with Gasteiger partial charge in [0.2, 0.25) is 0 Å². The fourth-order valence-electron chi connectivity index (χ4n) is 3.49. The van der Waals surface area contributed by atoms with Crippen molar-refractivity contribution in [1.82, 2.24) is 4.90 Å². The number of hydrogen-bond donors (Lipinski definition) is 0. The Morgan fingerprint density at radius 2 is 1.12 bits per heavy atom. The minimum absolute atomic E-state index is 0.0185. The van der Waals surface area contributed by atoms with Crippen LogP contribution >= 0.6 is 0 Å². The second kappa shape index (κ2) is 80.5. The van der Waals surface area contributed by atoms with E-state index in [-0.39, 0.29) is 5.78 Å². The molecular weight excluding hydrogens is 819 g/mol. The molecule has 1 aliphatic carbocycles. The first-order valence-electron chi connectivity index (χ1n) is 23.3. The molecule has 4 nitrogen and oxygen atoms in total. The highest BCUT2D eigenvalue weighted by Gasteiger charge is 2.10. The summed E-state index contributed by atoms with van der Waals surface area (Å²) in [5, 5.41) is 0. The van der Waals surface area contributed by atoms with E-state index in [0.717, 1.165) is 51.0 Å². The lowest BCUT2D eigenvalue weighted by molar-refractivity contribution is -0.112. The Balaban J connectivity index is -0.0000000794. The van der Waals surface area contributed by atoms with Gasteiger partial charge >= 0.3 is 0 Å². The molecule has 1 saturated heterocycles. The zero-order valence-electron chi connectivity index (χ0n) is 45.6. The van der Waals surface area contributed by atoms with Crippen LogP contribution in [0.3, 0.4) is 0 Å². The molecule has 0 saturated carbocycles. The third-order valence-electron chi connectivity index (χ3n) is 7.17. The number of likely N-dealkylation sites (N-methyl/N-ethyl adjacent to an activating group) is 1. The predicted octanol–water partition coefficient (Wildman–Crippen LogP) is 18.0. The number of fused-ring (bicyclic) bond motifs is 1. The quantitative estimate of drug-likeness (QED) is 0.0622. The van der Waals surface area contributed by atoms with Crippen LogP contribution < -0.4 is 0 Å². The topological polar surface area (TPSA) is 38.8 Å². The third kappa shape index (κ3) is 91.6. The number of methoxy groups -OCH3 is 1. The third-order valence-corrected chi connectivity index (χ3v) is 7.17. The summed E-state index contributed by atoms with van der Waals surface area (Å²) in [6, 6.07) is 18.7. The van der Waals surface area contributed by atoms with Gasteiger partial charge in [-0.3, -0.25) is 9.69 Å². The van der Waals surface area contributed by atoms with Crippen LogP contribution in [-0.2, 0) is 27.1 Å². The molecule has 1 aliphatic heterocycles. The molecule has 0 bridgehead atoms. The maximum atomic E-state index is 9.69. The zero-order valence-corrected chi connectivity index (χ0v) is 45.6. The first kappa shape index (κ1) is 81.5. The van der Waals surface area contributed by atoms with Gasteiger partial charge in [0.1, 0.15) is 0 Å². The summed E-state index contributed by atoms with van der Waals surface area (Å²) in [6.07, 6.45) is 32.6. The summed E-state index contributed by atoms with van der Waals surface area (Å²) in [7, 11) is 3.59. The molecule has 0 amide bonds. The number of carbonyl (C=O) groups is 1. The molecule has 2 aromatic carbocycles. The van der Waals surface area contributed by atoms with Gasteiger partial charge in [-0.2, -0.15) is 0 Å². The Labute approximate surface area is 418 Å². The van der Waals surface area contributed by atoms with Crippen LogP contribution in [0.2, 0.25) is 0 Å². The fraction of sp³-hybridized carbons (Fsp3) is 0.381. The highest BCUT2D eigenvalue weighted by molar-refractivity contribution is 5.86. The molecule has 1 fully saturated rings. The number of ether oxygens (including phenoxy) is 2. The van der Waals surface area contributed by atoms with E-state index in [1.54, 1.807) is 37.3 Å². The van der Waals surface area contributed by atoms with E-state index in [9.17, 15) is 4.79 Å². The van der Waals surface area contributed by atoms with Gasteiger partial charge in [-0.05, 0) is 95.0 Å². The number of rotatable bonds is 14. The van der Waals surface area contributed by atoms with Crippen molar-refractivity contribution in [2.24, 2.45) is 17.8 Å². The summed E-state index contributed by atoms with van der Waals surface area (Å²) in [5.74, 6) is 4.30. The molecule has 0 radical (unpaired) electrons. The number of carbonyl (C=O) groups excluding carboxylic acids is 1. The maximum Gasteiger partial charge on any atom is 0.152 e. The monoisotopic (exact) mass is 922 g/mol. The first-order chi connectivity index (χ1) is 32.1. The molecule has 0 spiro atoms. The smallest absolute Gasteiger partial charge is 0.152 e. The van der Waals surface area contributed by atoms with Crippen LogP contribution in [-0.4, -0.2) is 51.1 Å². The van der Waals surface area contributed by atoms with Crippen molar-refractivity contribution in [2.75, 3.05) is 40.5 Å². The van der Waals surface area contributed by atoms with Crippen LogP contribution in [0.25, 0.3) is 6.08 Å². The van der Waals surface area contributed by atoms with Crippen LogP contribution in [0.15, 0.2) is 200 Å². The van der Waals surface area contributed by atoms with E-state index in [1.165, 1.54) is 37.7 Å². The van der Waals surface area contributed by atoms with Gasteiger partial charge in [0.05, 0.1) is 26.6 Å². The molecule has 67 heavy (non-hydrogen) atoms. The molecule has 4 heteroatoms. The van der Waals surface area contributed by atoms with Crippen molar-refractivity contribution in [3.63, 3.8) is 0 Å². The highest BCUT2D eigenvalue weighted by atomic mass is 16.5. The summed E-state index contributed by atoms with van der Waals surface area (Å²) in [6.45, 7) is 63.8. The number of hydrogen-bond acceptors (Lipinski definition) is 4. The van der Waals surface area contributed by atoms with Crippen molar-refractivity contribution in [3.05, 3.63) is 217 Å². The number of nitrogens with zero attached hydrogens (tertiary/aromatic N) is 1. The van der Waals surface area contributed by atoms with E-state index in [4.69, 9.17) is 4.74 Å². The van der Waals surface area contributed by atoms with E-state index >= 15 is 0 Å². The molecule has 2 aromatic rings. The average molecular weight is 923 g/mol. The summed E-state index contributed by atoms with van der Waals surface area (Å²) in [4.78, 5) is 11.8. The Morgan fingerprint density at radius 3 is 1.25 bits per heavy atom. The van der Waals surface area contributed by atoms with Gasteiger partial charge in [-0.15, -0.1) is 58.4 Å². The van der Waals surface area contributed by atoms with E-state index in [2.05, 4.69) is 132 Å². The molecule has 0 N–H and O–H groups in total. The van der Waals surface area contributed by atoms with Crippen LogP contribution in [0.4, 0.5) is 0 Å². The molecule has 0 unspecified atom stereocenters. The molecular formula is C63H103NO3. The second-order valence-corrected chi connectivity index (χ2v) is 13.5. The summed E-state index contributed by atoms with van der Waals surface area (Å²) < 4.78 is 9.14. The molecule has 4 rings (SSSR count). The minimum Gasteiger partial charge on any atom is -0.505 e. The van der Waals surface area contributed by atoms with Crippen LogP contribution in [0.5, 0.6) is 0 Å². The van der Waals surface area contributed by atoms with E-state index in [1.807, 2.05) is 141 Å². The number of terminal acetylenes is 1. The molecule has 378 valence electrons. The van der Waals surface area contributed by atoms with E-state index < -0.39 is 0 Å². The van der Waals surface area contributed by atoms with Crippen molar-refractivity contribution < 1.29 is 14.3 Å². The summed E-state index contributed by atoms with van der Waals surface area (Å²) >= 11 is 0. The SMILES string of the molecule is C#CC.C=CC.C=CC(C)=O.C=CC(C)C=C.C=CC=CC.C=CCC(C)CC=C.C=CCN(C)CC=C.C=COC.C=Cc1ccccc1.CC.CC.CC1COC1.c1ccc2c(c1)CC2. The van der Waals surface area contributed by atoms with E-state index in [0.29, 0.717) is 5.92 Å². The van der Waals surface area contributed by atoms with Gasteiger partial charge in [0, 0.05) is 19.0 Å². The Kier molecular flexibility index (Phi) is 97.9. The lowest BCUT2D eigenvalue weighted by Crippen LogP contribution is -2.23. The highest BCUT2D eigenvalue weighted by Crippen LogP contribution is 2.20. The number of aryl methyl sites for hydroxylation is 2. The number of benzene rings is 2. The lowest BCUT2D eigenvalue weighted by Gasteiger charge is -2.20. The molecule has 1 heterocycles. The average Bonchev–Trinajstić information content (AvgIpc) is 3.32. The van der Waals surface area contributed by atoms with Crippen LogP contribution in [0, 0.1) is 30.1 Å². The second-order valence-electron chi connectivity index (χ2n) is 13.5. The van der Waals surface area contributed by atoms with Gasteiger partial charge in [-0.25, -0.2) is 0 Å². The molecule has 0 aromatic heterocycles. The Morgan fingerprint density at radius 1 is 0.776 bits per heavy atom. The number of allylic oxidation sites excluding steroid dienone is 9. The maximum absolute atomic E-state index is 9.69. The fourth-order valence-corrected chi connectivity index (χ4v) is 3.49. The minimum atomic E-state index is 0.0185. The first-order valence-corrected chi connectivity index (χ1v) is 23.3. The van der Waals surface area contributed by atoms with Gasteiger partial charge in [0.25, 0.3) is 0 Å². The largest absolute Gasteiger partial charge is 0.505 e. The standard InChI is InChI=1S/2C8H8.C8H14.C7H13N.C6H10.C5H8.C4H8O.C4H6O.C3H6O.C3H6.C3H4.2C2H6/c1-2-4-8-6-5-7(8)3-1;1-2-8-6-4-3-5-7-8;2*1-4-6-8(3)7-5-2;1-4-6(3)5-2;1-3-5-4-2;1-4-2-5-3-4;1-3-4(2)5;1-3-4-2;2*1-3-2;2*1-2/h1-4H,5-6H2;2-7H,1H2;4-5,8H,1-2,6-7H2,3H3;4-5H,1-2,6-7H2,3H3;4-6H,1-2H2,3H3;3-5H,1H2,2H3;4H,2-3H2,1H3;3H,1H2,2H3;3H,1H2,2H3;3H,1H2,2H3;1H,2H3;2*1-2H3. The van der Waals surface area contributed by atoms with Crippen molar-refractivity contribution in [1.29, 1.82) is 0 Å². The van der Waals surface area contributed by atoms with Gasteiger partial charge < -0.3 is 9.47 Å². The zero-order chi connectivity index (χ0) is 54.0. The predicted molar refractivity (Wildman–Crippen MR) is 313 cm³/mol. The Hall–Kier alpha value is -5.73. The Bertz CT molecular complexity index is 1400.